The Labute approximate surface area is 232 Å². The van der Waals surface area contributed by atoms with Crippen LogP contribution in [0.4, 0.5) is 0 Å². The number of amides is 2. The van der Waals surface area contributed by atoms with Gasteiger partial charge in [0.05, 0.1) is 35.8 Å². The Bertz CT molecular complexity index is 903. The van der Waals surface area contributed by atoms with Crippen LogP contribution in [-0.2, 0) is 19.1 Å². The minimum atomic E-state index is -0.689. The van der Waals surface area contributed by atoms with Crippen molar-refractivity contribution in [2.75, 3.05) is 19.8 Å². The zero-order valence-corrected chi connectivity index (χ0v) is 24.0. The Morgan fingerprint density at radius 2 is 1.95 bits per heavy atom. The van der Waals surface area contributed by atoms with Crippen LogP contribution in [0.1, 0.15) is 78.1 Å². The molecule has 1 spiro atoms. The number of hydrogen-bond acceptors (Lipinski definition) is 6. The summed E-state index contributed by atoms with van der Waals surface area (Å²) in [7, 11) is 0. The maximum absolute atomic E-state index is 14.6. The Kier molecular flexibility index (Phi) is 9.67. The van der Waals surface area contributed by atoms with Gasteiger partial charge in [-0.25, -0.2) is 0 Å². The Balaban J connectivity index is 1.70. The molecule has 0 aromatic rings. The summed E-state index contributed by atoms with van der Waals surface area (Å²) in [5.74, 6) is -1.42. The van der Waals surface area contributed by atoms with Crippen LogP contribution >= 0.6 is 11.8 Å². The number of unbranched alkanes of at least 4 members (excludes halogenated alkanes) is 1. The number of ether oxygens (including phenoxy) is 1. The van der Waals surface area contributed by atoms with Gasteiger partial charge in [-0.3, -0.25) is 14.4 Å². The molecule has 2 amide bonds. The zero-order valence-electron chi connectivity index (χ0n) is 23.2. The molecule has 0 aromatic heterocycles. The number of nitrogens with zero attached hydrogens (tertiary/aromatic N) is 2. The smallest absolute Gasteiger partial charge is 0.310 e. The Morgan fingerprint density at radius 3 is 2.58 bits per heavy atom. The van der Waals surface area contributed by atoms with Crippen molar-refractivity contribution in [3.05, 3.63) is 25.3 Å². The predicted octanol–water partition coefficient (Wildman–Crippen LogP) is 4.34. The molecule has 3 saturated heterocycles. The number of aliphatic hydroxyl groups is 1. The van der Waals surface area contributed by atoms with Gasteiger partial charge in [0.2, 0.25) is 11.8 Å². The molecule has 6 atom stereocenters. The van der Waals surface area contributed by atoms with Crippen LogP contribution in [0.15, 0.2) is 25.3 Å². The molecule has 0 radical (unpaired) electrons. The predicted molar refractivity (Wildman–Crippen MR) is 150 cm³/mol. The molecule has 38 heavy (non-hydrogen) atoms. The highest BCUT2D eigenvalue weighted by molar-refractivity contribution is 8.02. The molecule has 2 unspecified atom stereocenters. The van der Waals surface area contributed by atoms with Gasteiger partial charge in [0.25, 0.3) is 0 Å². The highest BCUT2D eigenvalue weighted by atomic mass is 32.2. The molecule has 1 N–H and O–H groups in total. The highest BCUT2D eigenvalue weighted by Crippen LogP contribution is 2.67. The quantitative estimate of drug-likeness (QED) is 0.210. The van der Waals surface area contributed by atoms with Crippen LogP contribution in [0, 0.1) is 17.8 Å². The minimum Gasteiger partial charge on any atom is -0.465 e. The first-order valence-corrected chi connectivity index (χ1v) is 15.5. The van der Waals surface area contributed by atoms with Crippen molar-refractivity contribution in [3.63, 3.8) is 0 Å². The molecule has 4 rings (SSSR count). The van der Waals surface area contributed by atoms with E-state index in [1.54, 1.807) is 28.8 Å². The van der Waals surface area contributed by atoms with Crippen LogP contribution in [0.2, 0.25) is 0 Å². The summed E-state index contributed by atoms with van der Waals surface area (Å²) in [6, 6.07) is -1.02. The molecular weight excluding hydrogens is 500 g/mol. The van der Waals surface area contributed by atoms with Crippen molar-refractivity contribution < 1.29 is 24.2 Å². The van der Waals surface area contributed by atoms with E-state index in [1.807, 2.05) is 4.90 Å². The van der Waals surface area contributed by atoms with Gasteiger partial charge < -0.3 is 19.6 Å². The number of hydrogen-bond donors (Lipinski definition) is 1. The fourth-order valence-electron chi connectivity index (χ4n) is 7.46. The number of fused-ring (bicyclic) bond motifs is 1. The standard InChI is InChI=1S/C30H46N2O5S/c1-5-7-11-17-37-29(36)24-23-14-15-30(38-23)25(24)27(34)32(22(19-33)18-20(3)4)26(30)28(35)31(16-6-2)21-12-9-8-10-13-21/h5-6,20-26,33H,1-2,7-19H2,3-4H3/t22-,23+,24-,25+,26?,30?/m1/s1. The third kappa shape index (κ3) is 5.32. The van der Waals surface area contributed by atoms with E-state index < -0.39 is 28.7 Å². The molecule has 2 bridgehead atoms. The monoisotopic (exact) mass is 546 g/mol. The zero-order chi connectivity index (χ0) is 27.4. The summed E-state index contributed by atoms with van der Waals surface area (Å²) in [5, 5.41) is 10.5. The highest BCUT2D eigenvalue weighted by Gasteiger charge is 2.74. The van der Waals surface area contributed by atoms with Crippen molar-refractivity contribution in [1.82, 2.24) is 9.80 Å². The van der Waals surface area contributed by atoms with Crippen LogP contribution in [0.5, 0.6) is 0 Å². The average molecular weight is 547 g/mol. The number of likely N-dealkylation sites (tertiary alicyclic amines) is 1. The van der Waals surface area contributed by atoms with E-state index in [9.17, 15) is 19.5 Å². The van der Waals surface area contributed by atoms with E-state index in [2.05, 4.69) is 27.0 Å². The number of esters is 1. The molecule has 1 saturated carbocycles. The van der Waals surface area contributed by atoms with Gasteiger partial charge >= 0.3 is 5.97 Å². The average Bonchev–Trinajstić information content (AvgIpc) is 3.55. The Hall–Kier alpha value is -1.80. The molecule has 1 aliphatic carbocycles. The van der Waals surface area contributed by atoms with Crippen molar-refractivity contribution in [3.8, 4) is 0 Å². The maximum atomic E-state index is 14.6. The van der Waals surface area contributed by atoms with Crippen LogP contribution in [0.25, 0.3) is 0 Å². The maximum Gasteiger partial charge on any atom is 0.310 e. The van der Waals surface area contributed by atoms with Gasteiger partial charge in [-0.15, -0.1) is 24.9 Å². The molecule has 4 aliphatic rings. The molecule has 8 heteroatoms. The number of rotatable bonds is 13. The fraction of sp³-hybridized carbons (Fsp3) is 0.767. The van der Waals surface area contributed by atoms with E-state index in [0.29, 0.717) is 26.0 Å². The van der Waals surface area contributed by atoms with E-state index in [4.69, 9.17) is 4.74 Å². The van der Waals surface area contributed by atoms with Crippen LogP contribution < -0.4 is 0 Å². The van der Waals surface area contributed by atoms with Crippen molar-refractivity contribution in [2.24, 2.45) is 17.8 Å². The summed E-state index contributed by atoms with van der Waals surface area (Å²) >= 11 is 1.67. The fourth-order valence-corrected chi connectivity index (χ4v) is 9.64. The SMILES string of the molecule is C=CCCCOC(=O)[C@@H]1[C@@H]2CCC3(S2)C(C(=O)N(CC=C)C2CCCCC2)N([C@@H](CO)CC(C)C)C(=O)[C@H]13. The molecule has 7 nitrogen and oxygen atoms in total. The lowest BCUT2D eigenvalue weighted by atomic mass is 9.71. The molecule has 0 aromatic carbocycles. The normalized spacial score (nSPS) is 31.4. The van der Waals surface area contributed by atoms with Gasteiger partial charge in [-0.1, -0.05) is 45.3 Å². The minimum absolute atomic E-state index is 0.0199. The number of carbonyl (C=O) groups is 3. The van der Waals surface area contributed by atoms with Gasteiger partial charge in [0, 0.05) is 17.8 Å². The van der Waals surface area contributed by atoms with Crippen molar-refractivity contribution in [2.45, 2.75) is 106 Å². The van der Waals surface area contributed by atoms with Gasteiger partial charge in [0.15, 0.2) is 0 Å². The van der Waals surface area contributed by atoms with Gasteiger partial charge in [-0.2, -0.15) is 0 Å². The number of thioether (sulfide) groups is 1. The lowest BCUT2D eigenvalue weighted by Gasteiger charge is -2.42. The second kappa shape index (κ2) is 12.6. The first kappa shape index (κ1) is 29.2. The molecule has 4 fully saturated rings. The van der Waals surface area contributed by atoms with E-state index in [-0.39, 0.29) is 41.6 Å². The molecule has 212 valence electrons. The summed E-state index contributed by atoms with van der Waals surface area (Å²) < 4.78 is 5.00. The van der Waals surface area contributed by atoms with Crippen molar-refractivity contribution >= 4 is 29.5 Å². The molecule has 3 aliphatic heterocycles. The van der Waals surface area contributed by atoms with E-state index in [0.717, 1.165) is 44.9 Å². The third-order valence-electron chi connectivity index (χ3n) is 9.01. The lowest BCUT2D eigenvalue weighted by molar-refractivity contribution is -0.154. The molecular formula is C30H46N2O5S. The summed E-state index contributed by atoms with van der Waals surface area (Å²) in [5.41, 5.74) is 0. The van der Waals surface area contributed by atoms with Crippen LogP contribution in [0.3, 0.4) is 0 Å². The van der Waals surface area contributed by atoms with Crippen LogP contribution in [-0.4, -0.2) is 80.6 Å². The number of allylic oxidation sites excluding steroid dienone is 1. The summed E-state index contributed by atoms with van der Waals surface area (Å²) in [6.45, 7) is 12.3. The second-order valence-electron chi connectivity index (χ2n) is 11.9. The topological polar surface area (TPSA) is 87.2 Å². The summed E-state index contributed by atoms with van der Waals surface area (Å²) in [4.78, 5) is 45.9. The molecule has 3 heterocycles. The van der Waals surface area contributed by atoms with Gasteiger partial charge in [0.1, 0.15) is 6.04 Å². The van der Waals surface area contributed by atoms with E-state index in [1.165, 1.54) is 6.42 Å². The number of aliphatic hydroxyl groups excluding tert-OH is 1. The third-order valence-corrected chi connectivity index (χ3v) is 11.0. The van der Waals surface area contributed by atoms with E-state index >= 15 is 0 Å². The lowest BCUT2D eigenvalue weighted by Crippen LogP contribution is -2.59. The number of carbonyl (C=O) groups excluding carboxylic acids is 3. The largest absolute Gasteiger partial charge is 0.465 e. The first-order valence-electron chi connectivity index (χ1n) is 14.6. The van der Waals surface area contributed by atoms with Gasteiger partial charge in [-0.05, 0) is 50.9 Å². The second-order valence-corrected chi connectivity index (χ2v) is 13.5. The first-order chi connectivity index (χ1) is 18.3. The van der Waals surface area contributed by atoms with Crippen molar-refractivity contribution in [1.29, 1.82) is 0 Å². The summed E-state index contributed by atoms with van der Waals surface area (Å²) in [6.07, 6.45) is 12.5. The Morgan fingerprint density at radius 1 is 1.21 bits per heavy atom.